The number of aliphatic imine (C=N–C) groups is 1. The highest BCUT2D eigenvalue weighted by Gasteiger charge is 2.21. The van der Waals surface area contributed by atoms with Gasteiger partial charge in [-0.05, 0) is 45.6 Å². The number of unbranched alkanes of at least 4 members (excludes halogenated alkanes) is 4. The molecule has 1 aliphatic rings. The molecule has 28 heavy (non-hydrogen) atoms. The summed E-state index contributed by atoms with van der Waals surface area (Å²) in [5.74, 6) is 1.36. The third-order valence-corrected chi connectivity index (χ3v) is 5.08. The minimum absolute atomic E-state index is 0. The summed E-state index contributed by atoms with van der Waals surface area (Å²) in [6.45, 7) is 5.79. The Morgan fingerprint density at radius 3 is 2.32 bits per heavy atom. The van der Waals surface area contributed by atoms with Gasteiger partial charge in [0.2, 0.25) is 0 Å². The van der Waals surface area contributed by atoms with Gasteiger partial charge in [0.1, 0.15) is 5.75 Å². The van der Waals surface area contributed by atoms with Crippen LogP contribution < -0.4 is 10.2 Å². The molecule has 0 spiro atoms. The second-order valence-electron chi connectivity index (χ2n) is 7.51. The number of benzene rings is 1. The maximum absolute atomic E-state index is 10.0. The van der Waals surface area contributed by atoms with E-state index in [1.807, 2.05) is 25.2 Å². The van der Waals surface area contributed by atoms with E-state index < -0.39 is 0 Å². The molecule has 1 heterocycles. The number of piperazine rings is 1. The molecule has 2 N–H and O–H groups in total. The maximum atomic E-state index is 10.0. The van der Waals surface area contributed by atoms with Gasteiger partial charge in [0.25, 0.3) is 0 Å². The van der Waals surface area contributed by atoms with E-state index in [9.17, 15) is 5.11 Å². The summed E-state index contributed by atoms with van der Waals surface area (Å²) in [6, 6.07) is 7.57. The number of phenolic OH excluding ortho intramolecular Hbond substituents is 1. The molecule has 1 aromatic carbocycles. The van der Waals surface area contributed by atoms with Crippen LogP contribution in [0.3, 0.4) is 0 Å². The second-order valence-corrected chi connectivity index (χ2v) is 7.51. The van der Waals surface area contributed by atoms with Crippen LogP contribution >= 0.6 is 24.0 Å². The van der Waals surface area contributed by atoms with Gasteiger partial charge in [-0.3, -0.25) is 4.99 Å². The SMILES string of the molecule is CN=C(NCCCCCCCN(C)C)N1CCN(c2ccccc2O)CC1.I. The Hall–Kier alpha value is -1.22. The Balaban J connectivity index is 0.00000392. The number of anilines is 1. The lowest BCUT2D eigenvalue weighted by Crippen LogP contribution is -2.52. The minimum atomic E-state index is 0. The van der Waals surface area contributed by atoms with Crippen LogP contribution in [0.1, 0.15) is 32.1 Å². The third kappa shape index (κ3) is 8.43. The number of hydrogen-bond acceptors (Lipinski definition) is 4. The predicted octanol–water partition coefficient (Wildman–Crippen LogP) is 3.22. The van der Waals surface area contributed by atoms with Gasteiger partial charge in [0.15, 0.2) is 5.96 Å². The summed E-state index contributed by atoms with van der Waals surface area (Å²) < 4.78 is 0. The minimum Gasteiger partial charge on any atom is -0.506 e. The van der Waals surface area contributed by atoms with Crippen molar-refractivity contribution in [2.45, 2.75) is 32.1 Å². The van der Waals surface area contributed by atoms with Crippen molar-refractivity contribution in [3.8, 4) is 5.75 Å². The van der Waals surface area contributed by atoms with Crippen LogP contribution in [0, 0.1) is 0 Å². The zero-order valence-corrected chi connectivity index (χ0v) is 20.1. The average molecular weight is 503 g/mol. The van der Waals surface area contributed by atoms with Crippen molar-refractivity contribution in [1.29, 1.82) is 0 Å². The molecule has 1 aromatic rings. The number of halogens is 1. The smallest absolute Gasteiger partial charge is 0.193 e. The van der Waals surface area contributed by atoms with Gasteiger partial charge in [-0.25, -0.2) is 0 Å². The Kier molecular flexibility index (Phi) is 12.3. The highest BCUT2D eigenvalue weighted by molar-refractivity contribution is 14.0. The van der Waals surface area contributed by atoms with Crippen LogP contribution in [0.25, 0.3) is 0 Å². The number of phenols is 1. The van der Waals surface area contributed by atoms with Crippen molar-refractivity contribution < 1.29 is 5.11 Å². The highest BCUT2D eigenvalue weighted by Crippen LogP contribution is 2.27. The van der Waals surface area contributed by atoms with Gasteiger partial charge in [0.05, 0.1) is 5.69 Å². The molecule has 160 valence electrons. The first-order chi connectivity index (χ1) is 13.1. The first-order valence-electron chi connectivity index (χ1n) is 10.2. The van der Waals surface area contributed by atoms with Crippen molar-refractivity contribution in [2.24, 2.45) is 4.99 Å². The van der Waals surface area contributed by atoms with Crippen molar-refractivity contribution in [2.75, 3.05) is 65.3 Å². The summed E-state index contributed by atoms with van der Waals surface area (Å²) in [7, 11) is 6.13. The zero-order valence-electron chi connectivity index (χ0n) is 17.7. The topological polar surface area (TPSA) is 54.3 Å². The van der Waals surface area contributed by atoms with E-state index in [1.165, 1.54) is 38.6 Å². The lowest BCUT2D eigenvalue weighted by atomic mass is 10.1. The molecule has 0 bridgehead atoms. The average Bonchev–Trinajstić information content (AvgIpc) is 2.67. The maximum Gasteiger partial charge on any atom is 0.193 e. The van der Waals surface area contributed by atoms with Crippen LogP contribution in [-0.4, -0.2) is 81.3 Å². The molecule has 0 radical (unpaired) electrons. The lowest BCUT2D eigenvalue weighted by Gasteiger charge is -2.37. The first-order valence-corrected chi connectivity index (χ1v) is 10.2. The van der Waals surface area contributed by atoms with E-state index in [0.717, 1.165) is 44.4 Å². The summed E-state index contributed by atoms with van der Waals surface area (Å²) in [5, 5.41) is 13.6. The number of hydrogen-bond donors (Lipinski definition) is 2. The Morgan fingerprint density at radius 1 is 1.04 bits per heavy atom. The number of aromatic hydroxyl groups is 1. The number of guanidine groups is 1. The van der Waals surface area contributed by atoms with Crippen LogP contribution in [-0.2, 0) is 0 Å². The summed E-state index contributed by atoms with van der Waals surface area (Å²) >= 11 is 0. The molecule has 0 saturated carbocycles. The van der Waals surface area contributed by atoms with Crippen molar-refractivity contribution in [3.63, 3.8) is 0 Å². The molecule has 1 fully saturated rings. The number of rotatable bonds is 9. The molecule has 2 rings (SSSR count). The molecule has 6 nitrogen and oxygen atoms in total. The molecule has 7 heteroatoms. The molecule has 1 aliphatic heterocycles. The van der Waals surface area contributed by atoms with Crippen LogP contribution in [0.5, 0.6) is 5.75 Å². The fourth-order valence-corrected chi connectivity index (χ4v) is 3.51. The Morgan fingerprint density at radius 2 is 1.68 bits per heavy atom. The molecule has 0 amide bonds. The zero-order chi connectivity index (χ0) is 19.5. The normalized spacial score (nSPS) is 14.9. The van der Waals surface area contributed by atoms with Gasteiger partial charge in [0, 0.05) is 39.8 Å². The van der Waals surface area contributed by atoms with Gasteiger partial charge in [-0.2, -0.15) is 0 Å². The largest absolute Gasteiger partial charge is 0.506 e. The molecule has 0 aliphatic carbocycles. The number of nitrogens with zero attached hydrogens (tertiary/aromatic N) is 4. The van der Waals surface area contributed by atoms with E-state index in [0.29, 0.717) is 5.75 Å². The van der Waals surface area contributed by atoms with Crippen LogP contribution in [0.4, 0.5) is 5.69 Å². The van der Waals surface area contributed by atoms with E-state index in [-0.39, 0.29) is 24.0 Å². The summed E-state index contributed by atoms with van der Waals surface area (Å²) in [5.41, 5.74) is 0.925. The Labute approximate surface area is 188 Å². The molecule has 0 aromatic heterocycles. The first kappa shape index (κ1) is 24.8. The van der Waals surface area contributed by atoms with Crippen molar-refractivity contribution in [3.05, 3.63) is 24.3 Å². The molecule has 0 unspecified atom stereocenters. The summed E-state index contributed by atoms with van der Waals surface area (Å²) in [4.78, 5) is 11.3. The fourth-order valence-electron chi connectivity index (χ4n) is 3.51. The molecule has 1 saturated heterocycles. The lowest BCUT2D eigenvalue weighted by molar-refractivity contribution is 0.369. The van der Waals surface area contributed by atoms with Crippen molar-refractivity contribution >= 4 is 35.6 Å². The van der Waals surface area contributed by atoms with Gasteiger partial charge < -0.3 is 25.1 Å². The van der Waals surface area contributed by atoms with E-state index >= 15 is 0 Å². The standard InChI is InChI=1S/C21H37N5O.HI/c1-22-21(23-13-9-5-4-6-10-14-24(2)3)26-17-15-25(16-18-26)19-11-7-8-12-20(19)27;/h7-8,11-12,27H,4-6,9-10,13-18H2,1-3H3,(H,22,23);1H. The predicted molar refractivity (Wildman–Crippen MR) is 130 cm³/mol. The van der Waals surface area contributed by atoms with Crippen LogP contribution in [0.15, 0.2) is 29.3 Å². The number of nitrogens with one attached hydrogen (secondary N) is 1. The quantitative estimate of drug-likeness (QED) is 0.235. The molecule has 0 atom stereocenters. The molecular formula is C21H38IN5O. The molecular weight excluding hydrogens is 465 g/mol. The number of para-hydroxylation sites is 2. The van der Waals surface area contributed by atoms with Crippen molar-refractivity contribution in [1.82, 2.24) is 15.1 Å². The van der Waals surface area contributed by atoms with E-state index in [2.05, 4.69) is 39.1 Å². The fraction of sp³-hybridized carbons (Fsp3) is 0.667. The van der Waals surface area contributed by atoms with Gasteiger partial charge >= 0.3 is 0 Å². The second kappa shape index (κ2) is 13.9. The van der Waals surface area contributed by atoms with Gasteiger partial charge in [-0.15, -0.1) is 24.0 Å². The summed E-state index contributed by atoms with van der Waals surface area (Å²) in [6.07, 6.45) is 6.40. The Bertz CT molecular complexity index is 574. The van der Waals surface area contributed by atoms with Crippen LogP contribution in [0.2, 0.25) is 0 Å². The monoisotopic (exact) mass is 503 g/mol. The highest BCUT2D eigenvalue weighted by atomic mass is 127. The third-order valence-electron chi connectivity index (χ3n) is 5.08. The van der Waals surface area contributed by atoms with E-state index in [4.69, 9.17) is 0 Å². The van der Waals surface area contributed by atoms with Gasteiger partial charge in [-0.1, -0.05) is 31.4 Å². The van der Waals surface area contributed by atoms with E-state index in [1.54, 1.807) is 6.07 Å².